The summed E-state index contributed by atoms with van der Waals surface area (Å²) in [4.78, 5) is 0. The van der Waals surface area contributed by atoms with E-state index in [1.54, 1.807) is 0 Å². The van der Waals surface area contributed by atoms with Crippen molar-refractivity contribution in [3.63, 3.8) is 0 Å². The van der Waals surface area contributed by atoms with E-state index in [9.17, 15) is 5.26 Å². The van der Waals surface area contributed by atoms with Gasteiger partial charge in [-0.1, -0.05) is 104 Å². The summed E-state index contributed by atoms with van der Waals surface area (Å²) in [5, 5.41) is 10.7. The third-order valence-corrected chi connectivity index (χ3v) is 10.6. The Morgan fingerprint density at radius 3 is 1.80 bits per heavy atom. The third kappa shape index (κ3) is 8.22. The topological polar surface area (TPSA) is 33.0 Å². The van der Waals surface area contributed by atoms with Crippen LogP contribution in [0.2, 0.25) is 0 Å². The number of unbranched alkanes of at least 4 members (excludes halogenated alkanes) is 5. The van der Waals surface area contributed by atoms with E-state index >= 15 is 0 Å². The number of nitriles is 1. The molecule has 0 aromatic carbocycles. The van der Waals surface area contributed by atoms with E-state index in [1.165, 1.54) is 122 Å². The highest BCUT2D eigenvalue weighted by molar-refractivity contribution is 5.11. The lowest BCUT2D eigenvalue weighted by Crippen LogP contribution is -2.49. The Morgan fingerprint density at radius 1 is 0.686 bits per heavy atom. The van der Waals surface area contributed by atoms with Crippen molar-refractivity contribution in [3.05, 3.63) is 0 Å². The Balaban J connectivity index is 1.57. The molecule has 0 N–H and O–H groups in total. The van der Waals surface area contributed by atoms with Crippen molar-refractivity contribution in [1.82, 2.24) is 0 Å². The van der Waals surface area contributed by atoms with Crippen LogP contribution in [0.4, 0.5) is 0 Å². The molecule has 3 unspecified atom stereocenters. The Morgan fingerprint density at radius 2 is 1.26 bits per heavy atom. The zero-order chi connectivity index (χ0) is 24.9. The maximum absolute atomic E-state index is 10.7. The first-order valence-corrected chi connectivity index (χ1v) is 16.2. The van der Waals surface area contributed by atoms with Gasteiger partial charge in [-0.3, -0.25) is 0 Å². The van der Waals surface area contributed by atoms with Crippen molar-refractivity contribution >= 4 is 0 Å². The minimum absolute atomic E-state index is 0.182. The van der Waals surface area contributed by atoms with Crippen molar-refractivity contribution in [1.29, 1.82) is 5.26 Å². The van der Waals surface area contributed by atoms with Gasteiger partial charge in [0.1, 0.15) is 0 Å². The molecule has 202 valence electrons. The van der Waals surface area contributed by atoms with Crippen molar-refractivity contribution in [2.45, 2.75) is 162 Å². The molecule has 3 fully saturated rings. The highest BCUT2D eigenvalue weighted by atomic mass is 16.5. The molecule has 0 spiro atoms. The molecule has 0 amide bonds. The minimum Gasteiger partial charge on any atom is -0.377 e. The molecule has 3 aliphatic rings. The van der Waals surface area contributed by atoms with Crippen LogP contribution in [0.25, 0.3) is 0 Å². The minimum atomic E-state index is -0.212. The molecule has 0 aliphatic heterocycles. The van der Waals surface area contributed by atoms with Crippen LogP contribution in [0.1, 0.15) is 156 Å². The molecule has 35 heavy (non-hydrogen) atoms. The van der Waals surface area contributed by atoms with E-state index in [1.807, 2.05) is 0 Å². The Labute approximate surface area is 219 Å². The van der Waals surface area contributed by atoms with Gasteiger partial charge >= 0.3 is 0 Å². The van der Waals surface area contributed by atoms with Crippen molar-refractivity contribution in [2.75, 3.05) is 6.61 Å². The summed E-state index contributed by atoms with van der Waals surface area (Å²) in [5.74, 6) is 4.16. The molecule has 3 rings (SSSR count). The highest BCUT2D eigenvalue weighted by Crippen LogP contribution is 2.54. The van der Waals surface area contributed by atoms with Gasteiger partial charge < -0.3 is 4.74 Å². The molecule has 2 nitrogen and oxygen atoms in total. The molecule has 3 saturated carbocycles. The average Bonchev–Trinajstić information content (AvgIpc) is 2.90. The lowest BCUT2D eigenvalue weighted by atomic mass is 9.56. The SMILES string of the molecule is CCCCCC1CCC(C2CCC(C#N)(C3CCC(CCCCC)CC3)C(OCCCC)C2)CC1. The molecule has 0 saturated heterocycles. The quantitative estimate of drug-likeness (QED) is 0.229. The smallest absolute Gasteiger partial charge is 0.0863 e. The van der Waals surface area contributed by atoms with E-state index in [0.717, 1.165) is 43.1 Å². The largest absolute Gasteiger partial charge is 0.377 e. The summed E-state index contributed by atoms with van der Waals surface area (Å²) in [6, 6.07) is 2.97. The molecule has 3 atom stereocenters. The zero-order valence-corrected chi connectivity index (χ0v) is 23.9. The van der Waals surface area contributed by atoms with Gasteiger partial charge in [0.15, 0.2) is 0 Å². The second kappa shape index (κ2) is 15.6. The van der Waals surface area contributed by atoms with Gasteiger partial charge in [0.2, 0.25) is 0 Å². The van der Waals surface area contributed by atoms with Crippen LogP contribution < -0.4 is 0 Å². The van der Waals surface area contributed by atoms with Crippen LogP contribution >= 0.6 is 0 Å². The van der Waals surface area contributed by atoms with Gasteiger partial charge in [-0.25, -0.2) is 0 Å². The average molecular weight is 486 g/mol. The standard InChI is InChI=1S/C33H59NO/c1-4-7-10-12-27-14-18-29(19-15-27)30-22-23-33(26-34,32(25-30)35-24-9-6-3)31-20-16-28(17-21-31)13-11-8-5-2/h27-32H,4-25H2,1-3H3. The number of ether oxygens (including phenoxy) is 1. The predicted octanol–water partition coefficient (Wildman–Crippen LogP) is 10.3. The van der Waals surface area contributed by atoms with E-state index in [4.69, 9.17) is 4.74 Å². The van der Waals surface area contributed by atoms with Crippen molar-refractivity contribution in [2.24, 2.45) is 35.0 Å². The highest BCUT2D eigenvalue weighted by Gasteiger charge is 2.51. The molecule has 0 aromatic heterocycles. The number of hydrogen-bond donors (Lipinski definition) is 0. The van der Waals surface area contributed by atoms with Crippen molar-refractivity contribution in [3.8, 4) is 6.07 Å². The molecule has 3 aliphatic carbocycles. The summed E-state index contributed by atoms with van der Waals surface area (Å²) >= 11 is 0. The maximum Gasteiger partial charge on any atom is 0.0863 e. The van der Waals surface area contributed by atoms with Gasteiger partial charge in [0, 0.05) is 6.61 Å². The molecule has 0 aromatic rings. The fraction of sp³-hybridized carbons (Fsp3) is 0.970. The summed E-state index contributed by atoms with van der Waals surface area (Å²) in [5.41, 5.74) is -0.212. The first-order valence-electron chi connectivity index (χ1n) is 16.2. The van der Waals surface area contributed by atoms with Crippen LogP contribution in [0.5, 0.6) is 0 Å². The van der Waals surface area contributed by atoms with Gasteiger partial charge in [0.05, 0.1) is 17.6 Å². The molecular formula is C33H59NO. The van der Waals surface area contributed by atoms with Crippen LogP contribution in [-0.4, -0.2) is 12.7 Å². The Hall–Kier alpha value is -0.550. The van der Waals surface area contributed by atoms with Crippen LogP contribution in [0.3, 0.4) is 0 Å². The Bertz CT molecular complexity index is 595. The van der Waals surface area contributed by atoms with Gasteiger partial charge in [0.25, 0.3) is 0 Å². The Kier molecular flexibility index (Phi) is 13.0. The zero-order valence-electron chi connectivity index (χ0n) is 23.9. The van der Waals surface area contributed by atoms with Gasteiger partial charge in [-0.05, 0) is 81.0 Å². The summed E-state index contributed by atoms with van der Waals surface area (Å²) in [6.45, 7) is 7.73. The lowest BCUT2D eigenvalue weighted by Gasteiger charge is -2.50. The van der Waals surface area contributed by atoms with Crippen LogP contribution in [0.15, 0.2) is 0 Å². The second-order valence-electron chi connectivity index (χ2n) is 12.9. The van der Waals surface area contributed by atoms with E-state index in [-0.39, 0.29) is 11.5 Å². The van der Waals surface area contributed by atoms with Crippen LogP contribution in [-0.2, 0) is 4.74 Å². The summed E-state index contributed by atoms with van der Waals surface area (Å²) in [6.07, 6.45) is 28.3. The number of rotatable bonds is 14. The maximum atomic E-state index is 10.7. The lowest BCUT2D eigenvalue weighted by molar-refractivity contribution is -0.0979. The van der Waals surface area contributed by atoms with Crippen LogP contribution in [0, 0.1) is 46.3 Å². The second-order valence-corrected chi connectivity index (χ2v) is 12.9. The van der Waals surface area contributed by atoms with Gasteiger partial charge in [-0.2, -0.15) is 5.26 Å². The summed E-state index contributed by atoms with van der Waals surface area (Å²) < 4.78 is 6.67. The van der Waals surface area contributed by atoms with E-state index in [0.29, 0.717) is 5.92 Å². The van der Waals surface area contributed by atoms with Gasteiger partial charge in [-0.15, -0.1) is 0 Å². The number of nitrogens with zero attached hydrogens (tertiary/aromatic N) is 1. The van der Waals surface area contributed by atoms with E-state index < -0.39 is 0 Å². The number of hydrogen-bond acceptors (Lipinski definition) is 2. The normalized spacial score (nSPS) is 36.1. The first-order chi connectivity index (χ1) is 17.2. The fourth-order valence-electron chi connectivity index (χ4n) is 8.17. The summed E-state index contributed by atoms with van der Waals surface area (Å²) in [7, 11) is 0. The molecule has 2 heteroatoms. The monoisotopic (exact) mass is 485 g/mol. The molecule has 0 radical (unpaired) electrons. The predicted molar refractivity (Wildman–Crippen MR) is 149 cm³/mol. The first kappa shape index (κ1) is 29.0. The molecular weight excluding hydrogens is 426 g/mol. The van der Waals surface area contributed by atoms with E-state index in [2.05, 4.69) is 26.8 Å². The molecule has 0 heterocycles. The third-order valence-electron chi connectivity index (χ3n) is 10.6. The molecule has 0 bridgehead atoms. The fourth-order valence-corrected chi connectivity index (χ4v) is 8.17. The van der Waals surface area contributed by atoms with Crippen molar-refractivity contribution < 1.29 is 4.74 Å².